The Labute approximate surface area is 104 Å². The van der Waals surface area contributed by atoms with Gasteiger partial charge >= 0.3 is 6.03 Å². The van der Waals surface area contributed by atoms with Crippen LogP contribution in [0.3, 0.4) is 0 Å². The second-order valence-electron chi connectivity index (χ2n) is 4.07. The third-order valence-corrected chi connectivity index (χ3v) is 2.20. The Bertz CT molecular complexity index is 449. The van der Waals surface area contributed by atoms with Crippen LogP contribution in [0, 0.1) is 11.7 Å². The molecule has 0 aliphatic carbocycles. The van der Waals surface area contributed by atoms with Crippen molar-refractivity contribution in [2.45, 2.75) is 20.0 Å². The number of hydrogen-bond donors (Lipinski definition) is 2. The van der Waals surface area contributed by atoms with Gasteiger partial charge in [0.2, 0.25) is 0 Å². The number of primary amides is 1. The van der Waals surface area contributed by atoms with Crippen LogP contribution in [-0.4, -0.2) is 18.0 Å². The van der Waals surface area contributed by atoms with Gasteiger partial charge in [-0.25, -0.2) is 9.18 Å². The van der Waals surface area contributed by atoms with Gasteiger partial charge in [0.15, 0.2) is 17.7 Å². The van der Waals surface area contributed by atoms with Gasteiger partial charge < -0.3 is 10.5 Å². The Morgan fingerprint density at radius 2 is 1.94 bits per heavy atom. The largest absolute Gasteiger partial charge is 0.477 e. The molecule has 0 fully saturated rings. The van der Waals surface area contributed by atoms with Crippen molar-refractivity contribution in [2.24, 2.45) is 11.7 Å². The van der Waals surface area contributed by atoms with E-state index in [2.05, 4.69) is 0 Å². The lowest BCUT2D eigenvalue weighted by atomic mass is 10.1. The highest BCUT2D eigenvalue weighted by Crippen LogP contribution is 2.19. The van der Waals surface area contributed by atoms with Crippen molar-refractivity contribution in [2.75, 3.05) is 0 Å². The Kier molecular flexibility index (Phi) is 4.65. The molecule has 0 heterocycles. The first-order valence-electron chi connectivity index (χ1n) is 5.43. The van der Waals surface area contributed by atoms with E-state index in [4.69, 9.17) is 10.5 Å². The first-order valence-corrected chi connectivity index (χ1v) is 5.43. The van der Waals surface area contributed by atoms with Crippen LogP contribution in [0.5, 0.6) is 5.75 Å². The number of urea groups is 1. The first-order chi connectivity index (χ1) is 8.41. The lowest BCUT2D eigenvalue weighted by Gasteiger charge is -2.21. The van der Waals surface area contributed by atoms with Crippen molar-refractivity contribution in [3.8, 4) is 5.75 Å². The quantitative estimate of drug-likeness (QED) is 0.852. The van der Waals surface area contributed by atoms with Gasteiger partial charge in [0.05, 0.1) is 0 Å². The fourth-order valence-electron chi connectivity index (χ4n) is 1.36. The molecule has 0 saturated heterocycles. The van der Waals surface area contributed by atoms with E-state index in [1.807, 2.05) is 5.32 Å². The minimum atomic E-state index is -0.991. The summed E-state index contributed by atoms with van der Waals surface area (Å²) in [5, 5.41) is 1.92. The van der Waals surface area contributed by atoms with Crippen molar-refractivity contribution < 1.29 is 18.7 Å². The Hall–Kier alpha value is -2.11. The maximum Gasteiger partial charge on any atom is 0.318 e. The number of nitrogens with two attached hydrogens (primary N) is 1. The molecule has 0 radical (unpaired) electrons. The summed E-state index contributed by atoms with van der Waals surface area (Å²) in [5.74, 6) is -1.56. The van der Waals surface area contributed by atoms with Crippen molar-refractivity contribution >= 4 is 11.9 Å². The summed E-state index contributed by atoms with van der Waals surface area (Å²) >= 11 is 0. The minimum absolute atomic E-state index is 0.0455. The number of ether oxygens (including phenoxy) is 1. The monoisotopic (exact) mass is 254 g/mol. The fourth-order valence-corrected chi connectivity index (χ4v) is 1.36. The zero-order valence-electron chi connectivity index (χ0n) is 10.1. The maximum absolute atomic E-state index is 13.4. The van der Waals surface area contributed by atoms with E-state index < -0.39 is 23.9 Å². The lowest BCUT2D eigenvalue weighted by molar-refractivity contribution is -0.128. The van der Waals surface area contributed by atoms with E-state index in [1.165, 1.54) is 18.2 Å². The second-order valence-corrected chi connectivity index (χ2v) is 4.07. The summed E-state index contributed by atoms with van der Waals surface area (Å²) in [7, 11) is 0. The predicted molar refractivity (Wildman–Crippen MR) is 63.4 cm³/mol. The van der Waals surface area contributed by atoms with Crippen LogP contribution in [-0.2, 0) is 4.79 Å². The summed E-state index contributed by atoms with van der Waals surface area (Å²) in [6.07, 6.45) is -0.991. The van der Waals surface area contributed by atoms with Crippen LogP contribution >= 0.6 is 0 Å². The zero-order chi connectivity index (χ0) is 13.7. The van der Waals surface area contributed by atoms with Crippen molar-refractivity contribution in [1.82, 2.24) is 5.32 Å². The van der Waals surface area contributed by atoms with Crippen LogP contribution in [0.15, 0.2) is 24.3 Å². The molecule has 3 N–H and O–H groups in total. The maximum atomic E-state index is 13.4. The molecule has 0 aliphatic rings. The predicted octanol–water partition coefficient (Wildman–Crippen LogP) is 1.42. The summed E-state index contributed by atoms with van der Waals surface area (Å²) in [6.45, 7) is 3.43. The Morgan fingerprint density at radius 3 is 2.44 bits per heavy atom. The molecule has 6 heteroatoms. The van der Waals surface area contributed by atoms with Gasteiger partial charge in [0.25, 0.3) is 5.91 Å². The van der Waals surface area contributed by atoms with E-state index in [1.54, 1.807) is 19.9 Å². The van der Waals surface area contributed by atoms with Crippen LogP contribution in [0.4, 0.5) is 9.18 Å². The van der Waals surface area contributed by atoms with E-state index >= 15 is 0 Å². The zero-order valence-corrected chi connectivity index (χ0v) is 10.1. The number of benzene rings is 1. The van der Waals surface area contributed by atoms with Gasteiger partial charge in [-0.05, 0) is 18.1 Å². The van der Waals surface area contributed by atoms with Gasteiger partial charge in [0, 0.05) is 0 Å². The third kappa shape index (κ3) is 3.73. The summed E-state index contributed by atoms with van der Waals surface area (Å²) in [4.78, 5) is 22.3. The summed E-state index contributed by atoms with van der Waals surface area (Å²) in [5.41, 5.74) is 4.85. The molecule has 0 saturated carbocycles. The van der Waals surface area contributed by atoms with Crippen molar-refractivity contribution in [3.05, 3.63) is 30.1 Å². The fraction of sp³-hybridized carbons (Fsp3) is 0.333. The molecule has 1 rings (SSSR count). The Balaban J connectivity index is 2.84. The van der Waals surface area contributed by atoms with Gasteiger partial charge in [-0.2, -0.15) is 0 Å². The van der Waals surface area contributed by atoms with Crippen LogP contribution < -0.4 is 15.8 Å². The number of hydrogen-bond acceptors (Lipinski definition) is 3. The number of halogens is 1. The molecule has 18 heavy (non-hydrogen) atoms. The molecule has 1 aromatic rings. The average molecular weight is 254 g/mol. The standard InChI is InChI=1S/C12H15FN2O3/c1-7(2)10(11(16)15-12(14)17)18-9-6-4-3-5-8(9)13/h3-7,10H,1-2H3,(H3,14,15,16,17)/t10-/m1/s1. The van der Waals surface area contributed by atoms with Crippen molar-refractivity contribution in [3.63, 3.8) is 0 Å². The van der Waals surface area contributed by atoms with Gasteiger partial charge in [0.1, 0.15) is 0 Å². The highest BCUT2D eigenvalue weighted by molar-refractivity contribution is 5.96. The number of carbonyl (C=O) groups is 2. The van der Waals surface area contributed by atoms with E-state index in [0.717, 1.165) is 0 Å². The molecule has 0 unspecified atom stereocenters. The number of rotatable bonds is 4. The van der Waals surface area contributed by atoms with Crippen LogP contribution in [0.25, 0.3) is 0 Å². The number of amides is 3. The average Bonchev–Trinajstić information content (AvgIpc) is 2.26. The van der Waals surface area contributed by atoms with Gasteiger partial charge in [-0.15, -0.1) is 0 Å². The highest BCUT2D eigenvalue weighted by Gasteiger charge is 2.26. The Morgan fingerprint density at radius 1 is 1.33 bits per heavy atom. The first kappa shape index (κ1) is 14.0. The molecular formula is C12H15FN2O3. The molecule has 1 aromatic carbocycles. The number of para-hydroxylation sites is 1. The molecule has 0 bridgehead atoms. The van der Waals surface area contributed by atoms with Gasteiger partial charge in [-0.1, -0.05) is 26.0 Å². The molecular weight excluding hydrogens is 239 g/mol. The molecule has 5 nitrogen and oxygen atoms in total. The molecule has 0 aromatic heterocycles. The summed E-state index contributed by atoms with van der Waals surface area (Å²) in [6, 6.07) is 4.75. The normalized spacial score (nSPS) is 12.0. The van der Waals surface area contributed by atoms with E-state index in [0.29, 0.717) is 0 Å². The molecule has 98 valence electrons. The molecule has 0 aliphatic heterocycles. The topological polar surface area (TPSA) is 81.4 Å². The molecule has 3 amide bonds. The van der Waals surface area contributed by atoms with Crippen LogP contribution in [0.1, 0.15) is 13.8 Å². The van der Waals surface area contributed by atoms with Crippen molar-refractivity contribution in [1.29, 1.82) is 0 Å². The van der Waals surface area contributed by atoms with E-state index in [-0.39, 0.29) is 11.7 Å². The number of carbonyl (C=O) groups excluding carboxylic acids is 2. The number of imide groups is 1. The molecule has 0 spiro atoms. The van der Waals surface area contributed by atoms with Crippen LogP contribution in [0.2, 0.25) is 0 Å². The number of nitrogens with one attached hydrogen (secondary N) is 1. The van der Waals surface area contributed by atoms with E-state index in [9.17, 15) is 14.0 Å². The third-order valence-electron chi connectivity index (χ3n) is 2.20. The lowest BCUT2D eigenvalue weighted by Crippen LogP contribution is -2.46. The molecule has 1 atom stereocenters. The smallest absolute Gasteiger partial charge is 0.318 e. The minimum Gasteiger partial charge on any atom is -0.477 e. The highest BCUT2D eigenvalue weighted by atomic mass is 19.1. The summed E-state index contributed by atoms with van der Waals surface area (Å²) < 4.78 is 18.7. The SMILES string of the molecule is CC(C)[C@@H](Oc1ccccc1F)C(=O)NC(N)=O. The van der Waals surface area contributed by atoms with Gasteiger partial charge in [-0.3, -0.25) is 10.1 Å². The second kappa shape index (κ2) is 6.00.